The Kier molecular flexibility index (Phi) is 4.97. The van der Waals surface area contributed by atoms with Crippen LogP contribution in [0.15, 0.2) is 29.2 Å². The summed E-state index contributed by atoms with van der Waals surface area (Å²) in [6.07, 6.45) is 1.42. The Labute approximate surface area is 131 Å². The zero-order chi connectivity index (χ0) is 16.3. The van der Waals surface area contributed by atoms with E-state index in [1.165, 1.54) is 31.2 Å². The molecule has 0 N–H and O–H groups in total. The largest absolute Gasteiger partial charge is 0.464 e. The Morgan fingerprint density at radius 2 is 2.18 bits per heavy atom. The first-order valence-corrected chi connectivity index (χ1v) is 7.45. The second-order valence-corrected chi connectivity index (χ2v) is 5.53. The van der Waals surface area contributed by atoms with Crippen molar-refractivity contribution in [3.8, 4) is 0 Å². The standard InChI is InChI=1S/C15H14FNO4S/c1-3-21-14(19)9(2)17-13(18)12(22-15(17)20)8-10-5-4-6-11(16)7-10/h4-9H,3H2,1-2H3/b12-8+. The van der Waals surface area contributed by atoms with E-state index in [0.717, 1.165) is 4.90 Å². The van der Waals surface area contributed by atoms with Gasteiger partial charge in [-0.25, -0.2) is 9.18 Å². The van der Waals surface area contributed by atoms with Crippen LogP contribution >= 0.6 is 11.8 Å². The minimum atomic E-state index is -0.995. The number of amides is 2. The predicted octanol–water partition coefficient (Wildman–Crippen LogP) is 2.81. The van der Waals surface area contributed by atoms with Crippen molar-refractivity contribution < 1.29 is 23.5 Å². The van der Waals surface area contributed by atoms with Crippen LogP contribution in [0.1, 0.15) is 19.4 Å². The van der Waals surface area contributed by atoms with Gasteiger partial charge < -0.3 is 4.74 Å². The fraction of sp³-hybridized carbons (Fsp3) is 0.267. The molecule has 22 heavy (non-hydrogen) atoms. The van der Waals surface area contributed by atoms with Crippen LogP contribution in [0.4, 0.5) is 9.18 Å². The van der Waals surface area contributed by atoms with Crippen LogP contribution in [0.2, 0.25) is 0 Å². The number of hydrogen-bond acceptors (Lipinski definition) is 5. The van der Waals surface area contributed by atoms with Gasteiger partial charge in [0.15, 0.2) is 0 Å². The lowest BCUT2D eigenvalue weighted by atomic mass is 10.2. The number of halogens is 1. The highest BCUT2D eigenvalue weighted by molar-refractivity contribution is 8.18. The number of ether oxygens (including phenoxy) is 1. The van der Waals surface area contributed by atoms with E-state index in [4.69, 9.17) is 4.74 Å². The Morgan fingerprint density at radius 1 is 1.45 bits per heavy atom. The Morgan fingerprint density at radius 3 is 2.82 bits per heavy atom. The zero-order valence-electron chi connectivity index (χ0n) is 12.0. The quantitative estimate of drug-likeness (QED) is 0.630. The van der Waals surface area contributed by atoms with Crippen molar-refractivity contribution in [3.63, 3.8) is 0 Å². The van der Waals surface area contributed by atoms with E-state index in [9.17, 15) is 18.8 Å². The molecule has 1 aromatic carbocycles. The number of esters is 1. The van der Waals surface area contributed by atoms with Crippen molar-refractivity contribution in [2.45, 2.75) is 19.9 Å². The average molecular weight is 323 g/mol. The monoisotopic (exact) mass is 323 g/mol. The first-order valence-electron chi connectivity index (χ1n) is 6.63. The summed E-state index contributed by atoms with van der Waals surface area (Å²) in [5.41, 5.74) is 0.467. The number of carbonyl (C=O) groups excluding carboxylic acids is 3. The van der Waals surface area contributed by atoms with Gasteiger partial charge in [-0.2, -0.15) is 0 Å². The zero-order valence-corrected chi connectivity index (χ0v) is 12.9. The molecule has 0 aromatic heterocycles. The summed E-state index contributed by atoms with van der Waals surface area (Å²) in [7, 11) is 0. The fourth-order valence-corrected chi connectivity index (χ4v) is 2.84. The summed E-state index contributed by atoms with van der Waals surface area (Å²) in [5, 5.41) is -0.548. The highest BCUT2D eigenvalue weighted by Gasteiger charge is 2.41. The average Bonchev–Trinajstić information content (AvgIpc) is 2.73. The maximum atomic E-state index is 13.2. The topological polar surface area (TPSA) is 63.7 Å². The highest BCUT2D eigenvalue weighted by Crippen LogP contribution is 2.33. The van der Waals surface area contributed by atoms with E-state index in [-0.39, 0.29) is 11.5 Å². The molecule has 0 bridgehead atoms. The third-order valence-corrected chi connectivity index (χ3v) is 3.87. The summed E-state index contributed by atoms with van der Waals surface area (Å²) in [6, 6.07) is 4.67. The van der Waals surface area contributed by atoms with E-state index in [1.807, 2.05) is 0 Å². The molecular weight excluding hydrogens is 309 g/mol. The molecule has 1 aliphatic heterocycles. The van der Waals surface area contributed by atoms with Gasteiger partial charge in [0.1, 0.15) is 11.9 Å². The first kappa shape index (κ1) is 16.2. The van der Waals surface area contributed by atoms with Gasteiger partial charge in [-0.05, 0) is 49.4 Å². The maximum absolute atomic E-state index is 13.2. The van der Waals surface area contributed by atoms with Crippen LogP contribution in [0.3, 0.4) is 0 Å². The molecule has 1 aromatic rings. The van der Waals surface area contributed by atoms with Gasteiger partial charge >= 0.3 is 5.97 Å². The van der Waals surface area contributed by atoms with E-state index in [2.05, 4.69) is 0 Å². The highest BCUT2D eigenvalue weighted by atomic mass is 32.2. The van der Waals surface area contributed by atoms with E-state index in [0.29, 0.717) is 17.3 Å². The molecule has 7 heteroatoms. The molecule has 1 heterocycles. The smallest absolute Gasteiger partial charge is 0.329 e. The van der Waals surface area contributed by atoms with Gasteiger partial charge in [-0.1, -0.05) is 12.1 Å². The fourth-order valence-electron chi connectivity index (χ4n) is 1.93. The molecule has 2 amide bonds. The third-order valence-electron chi connectivity index (χ3n) is 2.98. The van der Waals surface area contributed by atoms with Crippen molar-refractivity contribution in [3.05, 3.63) is 40.6 Å². The lowest BCUT2D eigenvalue weighted by Crippen LogP contribution is -2.42. The summed E-state index contributed by atoms with van der Waals surface area (Å²) in [6.45, 7) is 3.24. The van der Waals surface area contributed by atoms with E-state index < -0.39 is 29.0 Å². The number of nitrogens with zero attached hydrogens (tertiary/aromatic N) is 1. The molecule has 116 valence electrons. The van der Waals surface area contributed by atoms with Gasteiger partial charge in [0.05, 0.1) is 11.5 Å². The molecule has 0 saturated carbocycles. The Bertz CT molecular complexity index is 659. The normalized spacial score (nSPS) is 18.0. The number of imide groups is 1. The van der Waals surface area contributed by atoms with Crippen LogP contribution in [-0.4, -0.2) is 34.7 Å². The molecule has 0 radical (unpaired) electrons. The molecule has 1 aliphatic rings. The number of rotatable bonds is 4. The van der Waals surface area contributed by atoms with Crippen molar-refractivity contribution in [2.75, 3.05) is 6.61 Å². The van der Waals surface area contributed by atoms with Crippen molar-refractivity contribution in [1.29, 1.82) is 0 Å². The molecule has 1 atom stereocenters. The number of carbonyl (C=O) groups is 3. The van der Waals surface area contributed by atoms with Crippen LogP contribution in [0.5, 0.6) is 0 Å². The Hall–Kier alpha value is -2.15. The van der Waals surface area contributed by atoms with Crippen molar-refractivity contribution >= 4 is 35.0 Å². The molecule has 0 spiro atoms. The minimum Gasteiger partial charge on any atom is -0.464 e. The number of benzene rings is 1. The number of hydrogen-bond donors (Lipinski definition) is 0. The van der Waals surface area contributed by atoms with Gasteiger partial charge in [-0.15, -0.1) is 0 Å². The van der Waals surface area contributed by atoms with Gasteiger partial charge in [0.2, 0.25) is 0 Å². The van der Waals surface area contributed by atoms with Crippen molar-refractivity contribution in [1.82, 2.24) is 4.90 Å². The first-order chi connectivity index (χ1) is 10.4. The minimum absolute atomic E-state index is 0.145. The molecule has 0 aliphatic carbocycles. The van der Waals surface area contributed by atoms with Gasteiger partial charge in [0.25, 0.3) is 11.1 Å². The summed E-state index contributed by atoms with van der Waals surface area (Å²) < 4.78 is 18.0. The van der Waals surface area contributed by atoms with Crippen LogP contribution in [0, 0.1) is 5.82 Å². The summed E-state index contributed by atoms with van der Waals surface area (Å²) in [4.78, 5) is 36.9. The van der Waals surface area contributed by atoms with Crippen LogP contribution in [-0.2, 0) is 14.3 Å². The summed E-state index contributed by atoms with van der Waals surface area (Å²) in [5.74, 6) is -1.66. The summed E-state index contributed by atoms with van der Waals surface area (Å²) >= 11 is 0.715. The molecule has 1 unspecified atom stereocenters. The van der Waals surface area contributed by atoms with E-state index in [1.54, 1.807) is 13.0 Å². The third kappa shape index (κ3) is 3.36. The maximum Gasteiger partial charge on any atom is 0.329 e. The lowest BCUT2D eigenvalue weighted by molar-refractivity contribution is -0.150. The lowest BCUT2D eigenvalue weighted by Gasteiger charge is -2.19. The predicted molar refractivity (Wildman–Crippen MR) is 80.3 cm³/mol. The van der Waals surface area contributed by atoms with Crippen molar-refractivity contribution in [2.24, 2.45) is 0 Å². The molecule has 2 rings (SSSR count). The number of thioether (sulfide) groups is 1. The van der Waals surface area contributed by atoms with Gasteiger partial charge in [-0.3, -0.25) is 14.5 Å². The van der Waals surface area contributed by atoms with Crippen LogP contribution < -0.4 is 0 Å². The molecule has 1 saturated heterocycles. The van der Waals surface area contributed by atoms with Gasteiger partial charge in [0, 0.05) is 0 Å². The Balaban J connectivity index is 2.23. The van der Waals surface area contributed by atoms with E-state index >= 15 is 0 Å². The molecular formula is C15H14FNO4S. The second-order valence-electron chi connectivity index (χ2n) is 4.53. The molecule has 1 fully saturated rings. The molecule has 5 nitrogen and oxygen atoms in total. The SMILES string of the molecule is CCOC(=O)C(C)N1C(=O)S/C(=C/c2cccc(F)c2)C1=O. The van der Waals surface area contributed by atoms with Crippen LogP contribution in [0.25, 0.3) is 6.08 Å². The second kappa shape index (κ2) is 6.74.